The van der Waals surface area contributed by atoms with Crippen LogP contribution in [0.1, 0.15) is 44.8 Å². The van der Waals surface area contributed by atoms with Gasteiger partial charge in [0, 0.05) is 45.0 Å². The molecule has 20 heavy (non-hydrogen) atoms. The van der Waals surface area contributed by atoms with E-state index in [0.29, 0.717) is 24.7 Å². The van der Waals surface area contributed by atoms with Gasteiger partial charge >= 0.3 is 0 Å². The van der Waals surface area contributed by atoms with E-state index in [1.807, 2.05) is 0 Å². The van der Waals surface area contributed by atoms with Crippen LogP contribution in [-0.2, 0) is 11.3 Å². The van der Waals surface area contributed by atoms with Gasteiger partial charge in [-0.2, -0.15) is 5.10 Å². The Bertz CT molecular complexity index is 406. The second-order valence-electron chi connectivity index (χ2n) is 5.79. The molecule has 0 aliphatic carbocycles. The van der Waals surface area contributed by atoms with Crippen molar-refractivity contribution in [2.45, 2.75) is 57.8 Å². The smallest absolute Gasteiger partial charge is 0.0765 e. The Morgan fingerprint density at radius 1 is 1.55 bits per heavy atom. The summed E-state index contributed by atoms with van der Waals surface area (Å²) in [6.07, 6.45) is 5.66. The highest BCUT2D eigenvalue weighted by Crippen LogP contribution is 2.21. The number of likely N-dealkylation sites (tertiary alicyclic amines) is 1. The third-order valence-electron chi connectivity index (χ3n) is 4.47. The van der Waals surface area contributed by atoms with Crippen molar-refractivity contribution in [3.8, 4) is 0 Å². The van der Waals surface area contributed by atoms with Gasteiger partial charge in [0.05, 0.1) is 11.8 Å². The Labute approximate surface area is 122 Å². The molecule has 114 valence electrons. The molecule has 0 spiro atoms. The van der Waals surface area contributed by atoms with Gasteiger partial charge in [-0.3, -0.25) is 9.58 Å². The number of piperidine rings is 1. The molecule has 0 amide bonds. The van der Waals surface area contributed by atoms with E-state index >= 15 is 0 Å². The van der Waals surface area contributed by atoms with Crippen molar-refractivity contribution in [3.63, 3.8) is 0 Å². The summed E-state index contributed by atoms with van der Waals surface area (Å²) < 4.78 is 7.53. The number of aromatic nitrogens is 2. The van der Waals surface area contributed by atoms with Gasteiger partial charge in [-0.25, -0.2) is 0 Å². The van der Waals surface area contributed by atoms with Crippen molar-refractivity contribution in [3.05, 3.63) is 18.0 Å². The van der Waals surface area contributed by atoms with E-state index in [0.717, 1.165) is 38.0 Å². The number of methoxy groups -OCH3 is 1. The van der Waals surface area contributed by atoms with Crippen LogP contribution in [0.5, 0.6) is 0 Å². The minimum Gasteiger partial charge on any atom is -0.381 e. The lowest BCUT2D eigenvalue weighted by molar-refractivity contribution is 0.00970. The molecule has 2 N–H and O–H groups in total. The van der Waals surface area contributed by atoms with Gasteiger partial charge in [0.15, 0.2) is 0 Å². The minimum absolute atomic E-state index is 0.359. The molecule has 0 bridgehead atoms. The molecule has 3 atom stereocenters. The standard InChI is InChI=1S/C15H28N4O/c1-4-12(2)19-8-5-13(17-19)11-18-7-6-15(20-3)9-14(18)10-16/h5,8,12,14-15H,4,6-7,9-11,16H2,1-3H3. The topological polar surface area (TPSA) is 56.3 Å². The molecule has 1 aliphatic rings. The molecule has 0 aromatic carbocycles. The Balaban J connectivity index is 1.96. The van der Waals surface area contributed by atoms with Gasteiger partial charge < -0.3 is 10.5 Å². The lowest BCUT2D eigenvalue weighted by Gasteiger charge is -2.38. The zero-order valence-corrected chi connectivity index (χ0v) is 13.0. The number of rotatable bonds is 6. The average molecular weight is 280 g/mol. The zero-order valence-electron chi connectivity index (χ0n) is 13.0. The monoisotopic (exact) mass is 280 g/mol. The molecular weight excluding hydrogens is 252 g/mol. The van der Waals surface area contributed by atoms with Gasteiger partial charge in [-0.15, -0.1) is 0 Å². The van der Waals surface area contributed by atoms with Gasteiger partial charge in [-0.1, -0.05) is 6.92 Å². The van der Waals surface area contributed by atoms with Gasteiger partial charge in [0.25, 0.3) is 0 Å². The normalized spacial score (nSPS) is 25.8. The average Bonchev–Trinajstić information content (AvgIpc) is 2.95. The summed E-state index contributed by atoms with van der Waals surface area (Å²) >= 11 is 0. The first-order valence-corrected chi connectivity index (χ1v) is 7.68. The Morgan fingerprint density at radius 2 is 2.35 bits per heavy atom. The summed E-state index contributed by atoms with van der Waals surface area (Å²) in [6, 6.07) is 3.00. The van der Waals surface area contributed by atoms with E-state index < -0.39 is 0 Å². The maximum Gasteiger partial charge on any atom is 0.0765 e. The van der Waals surface area contributed by atoms with Crippen LogP contribution in [0.2, 0.25) is 0 Å². The van der Waals surface area contributed by atoms with Crippen LogP contribution in [0, 0.1) is 0 Å². The van der Waals surface area contributed by atoms with Crippen molar-refractivity contribution >= 4 is 0 Å². The molecular formula is C15H28N4O. The third-order valence-corrected chi connectivity index (χ3v) is 4.47. The van der Waals surface area contributed by atoms with Crippen LogP contribution >= 0.6 is 0 Å². The van der Waals surface area contributed by atoms with Crippen LogP contribution in [-0.4, -0.2) is 47.0 Å². The van der Waals surface area contributed by atoms with Crippen LogP contribution in [0.4, 0.5) is 0 Å². The predicted octanol–water partition coefficient (Wildman–Crippen LogP) is 1.79. The zero-order chi connectivity index (χ0) is 14.5. The quantitative estimate of drug-likeness (QED) is 0.863. The second-order valence-corrected chi connectivity index (χ2v) is 5.79. The van der Waals surface area contributed by atoms with Crippen LogP contribution in [0.25, 0.3) is 0 Å². The van der Waals surface area contributed by atoms with E-state index in [2.05, 4.69) is 40.8 Å². The van der Waals surface area contributed by atoms with Crippen molar-refractivity contribution in [2.24, 2.45) is 5.73 Å². The minimum atomic E-state index is 0.359. The van der Waals surface area contributed by atoms with Crippen molar-refractivity contribution < 1.29 is 4.74 Å². The maximum atomic E-state index is 5.92. The third kappa shape index (κ3) is 3.59. The molecule has 5 heteroatoms. The summed E-state index contributed by atoms with van der Waals surface area (Å²) in [5.74, 6) is 0. The fourth-order valence-electron chi connectivity index (χ4n) is 2.83. The molecule has 1 fully saturated rings. The summed E-state index contributed by atoms with van der Waals surface area (Å²) in [5.41, 5.74) is 7.05. The lowest BCUT2D eigenvalue weighted by Crippen LogP contribution is -2.48. The summed E-state index contributed by atoms with van der Waals surface area (Å²) in [4.78, 5) is 2.44. The SMILES string of the molecule is CCC(C)n1ccc(CN2CCC(OC)CC2CN)n1. The molecule has 2 rings (SSSR count). The fraction of sp³-hybridized carbons (Fsp3) is 0.800. The highest BCUT2D eigenvalue weighted by molar-refractivity contribution is 5.01. The largest absolute Gasteiger partial charge is 0.381 e. The first-order valence-electron chi connectivity index (χ1n) is 7.68. The van der Waals surface area contributed by atoms with Crippen LogP contribution in [0.15, 0.2) is 12.3 Å². The Morgan fingerprint density at radius 3 is 3.00 bits per heavy atom. The number of nitrogens with two attached hydrogens (primary N) is 1. The highest BCUT2D eigenvalue weighted by atomic mass is 16.5. The number of ether oxygens (including phenoxy) is 1. The summed E-state index contributed by atoms with van der Waals surface area (Å²) in [5, 5.41) is 4.69. The summed E-state index contributed by atoms with van der Waals surface area (Å²) in [6.45, 7) is 7.00. The second kappa shape index (κ2) is 7.20. The molecule has 1 aromatic rings. The number of hydrogen-bond donors (Lipinski definition) is 1. The Hall–Kier alpha value is -0.910. The number of hydrogen-bond acceptors (Lipinski definition) is 4. The molecule has 0 radical (unpaired) electrons. The van der Waals surface area contributed by atoms with E-state index in [1.165, 1.54) is 0 Å². The molecule has 1 aromatic heterocycles. The van der Waals surface area contributed by atoms with Crippen molar-refractivity contribution in [2.75, 3.05) is 20.2 Å². The highest BCUT2D eigenvalue weighted by Gasteiger charge is 2.27. The molecule has 5 nitrogen and oxygen atoms in total. The van der Waals surface area contributed by atoms with E-state index in [1.54, 1.807) is 7.11 Å². The predicted molar refractivity (Wildman–Crippen MR) is 80.5 cm³/mol. The molecule has 1 aliphatic heterocycles. The van der Waals surface area contributed by atoms with Gasteiger partial charge in [-0.05, 0) is 32.3 Å². The first kappa shape index (κ1) is 15.5. The Kier molecular flexibility index (Phi) is 5.57. The molecule has 1 saturated heterocycles. The van der Waals surface area contributed by atoms with Gasteiger partial charge in [0.1, 0.15) is 0 Å². The van der Waals surface area contributed by atoms with Gasteiger partial charge in [0.2, 0.25) is 0 Å². The first-order chi connectivity index (χ1) is 9.67. The number of nitrogens with zero attached hydrogens (tertiary/aromatic N) is 3. The van der Waals surface area contributed by atoms with Crippen molar-refractivity contribution in [1.82, 2.24) is 14.7 Å². The molecule has 3 unspecified atom stereocenters. The maximum absolute atomic E-state index is 5.92. The summed E-state index contributed by atoms with van der Waals surface area (Å²) in [7, 11) is 1.79. The van der Waals surface area contributed by atoms with E-state index in [4.69, 9.17) is 10.5 Å². The molecule has 0 saturated carbocycles. The van der Waals surface area contributed by atoms with E-state index in [9.17, 15) is 0 Å². The fourth-order valence-corrected chi connectivity index (χ4v) is 2.83. The molecule has 2 heterocycles. The van der Waals surface area contributed by atoms with Crippen LogP contribution < -0.4 is 5.73 Å². The van der Waals surface area contributed by atoms with E-state index in [-0.39, 0.29) is 0 Å². The van der Waals surface area contributed by atoms with Crippen molar-refractivity contribution in [1.29, 1.82) is 0 Å². The lowest BCUT2D eigenvalue weighted by atomic mass is 9.99. The van der Waals surface area contributed by atoms with Crippen LogP contribution in [0.3, 0.4) is 0 Å².